The number of hydrogen-bond acceptors (Lipinski definition) is 0. The molecule has 112 heavy (non-hydrogen) atoms. The van der Waals surface area contributed by atoms with Crippen molar-refractivity contribution in [3.63, 3.8) is 0 Å². The molecule has 0 saturated heterocycles. The maximum Gasteiger partial charge on any atom is 0.278 e. The van der Waals surface area contributed by atoms with E-state index < -0.39 is 123 Å². The third-order valence-electron chi connectivity index (χ3n) is 28.6. The molecular formula is C92H160F20. The molecule has 668 valence electrons. The number of halogens is 20. The van der Waals surface area contributed by atoms with Crippen LogP contribution in [-0.4, -0.2) is 93.8 Å². The maximum atomic E-state index is 13.0. The van der Waals surface area contributed by atoms with Crippen LogP contribution in [0.5, 0.6) is 0 Å². The first kappa shape index (κ1) is 105. The first-order valence-electron chi connectivity index (χ1n) is 45.6. The fourth-order valence-corrected chi connectivity index (χ4v) is 19.2. The number of hydrogen-bond donors (Lipinski definition) is 0. The van der Waals surface area contributed by atoms with Gasteiger partial charge in [0.1, 0.15) is 30.9 Å². The van der Waals surface area contributed by atoms with Gasteiger partial charge in [0, 0.05) is 29.6 Å². The van der Waals surface area contributed by atoms with Crippen molar-refractivity contribution in [1.29, 1.82) is 0 Å². The highest BCUT2D eigenvalue weighted by Gasteiger charge is 2.45. The molecule has 12 saturated carbocycles. The van der Waals surface area contributed by atoms with Gasteiger partial charge in [-0.15, -0.1) is 0 Å². The molecule has 0 aliphatic heterocycles. The highest BCUT2D eigenvalue weighted by atomic mass is 19.3. The van der Waals surface area contributed by atoms with E-state index in [0.29, 0.717) is 93.8 Å². The maximum absolute atomic E-state index is 13.0. The van der Waals surface area contributed by atoms with E-state index in [9.17, 15) is 87.8 Å². The monoisotopic (exact) mass is 1650 g/mol. The second kappa shape index (κ2) is 54.8. The summed E-state index contributed by atoms with van der Waals surface area (Å²) in [4.78, 5) is 0. The molecule has 12 aliphatic carbocycles. The molecule has 0 radical (unpaired) electrons. The minimum atomic E-state index is -3.07. The SMILES string of the molecule is CC1CCC(C(F)(F)CF)CC1.CC1CCC(C(F)(F)CF)CC1.CC1CCC(C(F)(F)CF)CC1.CC1CCC(C(F)(F)CF)CC1.CC1CCC(C(F)(F)CF)CC1.CC1CCC(C2CCC(F)CC2)CC1.CC1CCC(C2CCC(F)CC2)CC1.CC1CCC(F)CC1.CC1CCC(F)CC1.CC1CCC(F)CC1. The van der Waals surface area contributed by atoms with E-state index in [1.165, 1.54) is 77.0 Å². The molecule has 0 amide bonds. The molecule has 0 bridgehead atoms. The third kappa shape index (κ3) is 42.7. The molecule has 0 heterocycles. The molecule has 0 unspecified atom stereocenters. The Morgan fingerprint density at radius 3 is 0.348 bits per heavy atom. The van der Waals surface area contributed by atoms with Crippen molar-refractivity contribution in [2.45, 2.75) is 438 Å². The van der Waals surface area contributed by atoms with Crippen LogP contribution in [0.4, 0.5) is 87.8 Å². The lowest BCUT2D eigenvalue weighted by Crippen LogP contribution is -2.33. The lowest BCUT2D eigenvalue weighted by Gasteiger charge is -2.35. The molecule has 0 nitrogen and oxygen atoms in total. The van der Waals surface area contributed by atoms with Crippen LogP contribution in [-0.2, 0) is 0 Å². The summed E-state index contributed by atoms with van der Waals surface area (Å²) in [5.41, 5.74) is 0. The summed E-state index contributed by atoms with van der Waals surface area (Å²) in [6, 6.07) is 0. The van der Waals surface area contributed by atoms with Crippen molar-refractivity contribution in [1.82, 2.24) is 0 Å². The topological polar surface area (TPSA) is 0 Å². The van der Waals surface area contributed by atoms with E-state index in [-0.39, 0.29) is 0 Å². The summed E-state index contributed by atoms with van der Waals surface area (Å²) >= 11 is 0. The Balaban J connectivity index is 0.000000324. The van der Waals surface area contributed by atoms with Gasteiger partial charge >= 0.3 is 0 Å². The van der Waals surface area contributed by atoms with Gasteiger partial charge in [0.15, 0.2) is 33.4 Å². The van der Waals surface area contributed by atoms with E-state index >= 15 is 0 Å². The highest BCUT2D eigenvalue weighted by molar-refractivity contribution is 4.88. The van der Waals surface area contributed by atoms with Gasteiger partial charge in [-0.3, -0.25) is 0 Å². The number of alkyl halides is 20. The van der Waals surface area contributed by atoms with Crippen LogP contribution < -0.4 is 0 Å². The Labute approximate surface area is 668 Å². The van der Waals surface area contributed by atoms with Crippen LogP contribution in [0.3, 0.4) is 0 Å². The average Bonchev–Trinajstić information content (AvgIpc) is 0.849. The Morgan fingerprint density at radius 1 is 0.152 bits per heavy atom. The highest BCUT2D eigenvalue weighted by Crippen LogP contribution is 2.46. The van der Waals surface area contributed by atoms with Crippen molar-refractivity contribution >= 4 is 0 Å². The third-order valence-corrected chi connectivity index (χ3v) is 28.6. The zero-order chi connectivity index (χ0) is 83.8. The normalized spacial score (nSPS) is 36.9. The number of rotatable bonds is 12. The molecule has 0 aromatic rings. The van der Waals surface area contributed by atoms with Gasteiger partial charge in [-0.05, 0) is 301 Å². The molecule has 0 N–H and O–H groups in total. The van der Waals surface area contributed by atoms with Crippen molar-refractivity contribution in [2.24, 2.45) is 112 Å². The second-order valence-corrected chi connectivity index (χ2v) is 38.9. The molecule has 0 aromatic heterocycles. The van der Waals surface area contributed by atoms with Gasteiger partial charge < -0.3 is 0 Å². The van der Waals surface area contributed by atoms with Crippen LogP contribution in [0.25, 0.3) is 0 Å². The molecular weight excluding hydrogens is 1480 g/mol. The lowest BCUT2D eigenvalue weighted by molar-refractivity contribution is -0.0904. The van der Waals surface area contributed by atoms with Gasteiger partial charge in [0.25, 0.3) is 29.6 Å². The van der Waals surface area contributed by atoms with Crippen molar-refractivity contribution < 1.29 is 87.8 Å². The zero-order valence-electron chi connectivity index (χ0n) is 71.4. The minimum absolute atomic E-state index is 0.478. The van der Waals surface area contributed by atoms with Gasteiger partial charge in [0.2, 0.25) is 0 Å². The Kier molecular flexibility index (Phi) is 51.3. The summed E-state index contributed by atoms with van der Waals surface area (Å²) < 4.78 is 250. The molecule has 20 heteroatoms. The van der Waals surface area contributed by atoms with Crippen LogP contribution >= 0.6 is 0 Å². The van der Waals surface area contributed by atoms with E-state index in [0.717, 1.165) is 220 Å². The second-order valence-electron chi connectivity index (χ2n) is 38.9. The standard InChI is InChI=1S/2C13H23F.5C9H15F3.3C7H13F/c2*1-10-2-4-11(5-3-10)12-6-8-13(14)9-7-12;5*1-7-2-4-8(5-3-7)9(11,12)6-10;3*1-6-2-4-7(8)5-3-6/h2*10-13H,2-9H2,1H3;5*7-8H,2-6H2,1H3;3*6-7H,2-5H2,1H3. The smallest absolute Gasteiger partial charge is 0.247 e. The fourth-order valence-electron chi connectivity index (χ4n) is 19.2. The molecule has 0 spiro atoms. The van der Waals surface area contributed by atoms with E-state index in [1.807, 2.05) is 0 Å². The van der Waals surface area contributed by atoms with Gasteiger partial charge in [-0.1, -0.05) is 159 Å². The fraction of sp³-hybridized carbons (Fsp3) is 1.00. The summed E-state index contributed by atoms with van der Waals surface area (Å²) in [5.74, 6) is -8.34. The minimum Gasteiger partial charge on any atom is -0.247 e. The molecule has 0 atom stereocenters. The molecule has 12 fully saturated rings. The van der Waals surface area contributed by atoms with E-state index in [4.69, 9.17) is 0 Å². The van der Waals surface area contributed by atoms with Crippen LogP contribution in [0.1, 0.15) is 377 Å². The van der Waals surface area contributed by atoms with Gasteiger partial charge in [0.05, 0.1) is 0 Å². The van der Waals surface area contributed by atoms with E-state index in [1.54, 1.807) is 0 Å². The van der Waals surface area contributed by atoms with Gasteiger partial charge in [-0.25, -0.2) is 87.8 Å². The quantitative estimate of drug-likeness (QED) is 0.171. The summed E-state index contributed by atoms with van der Waals surface area (Å²) in [6.07, 6.45) is 41.5. The zero-order valence-corrected chi connectivity index (χ0v) is 71.4. The first-order valence-corrected chi connectivity index (χ1v) is 45.6. The predicted octanol–water partition coefficient (Wildman–Crippen LogP) is 33.4. The lowest BCUT2D eigenvalue weighted by atomic mass is 9.71. The Bertz CT molecular complexity index is 1860. The van der Waals surface area contributed by atoms with Gasteiger partial charge in [-0.2, -0.15) is 0 Å². The van der Waals surface area contributed by atoms with Crippen molar-refractivity contribution in [3.8, 4) is 0 Å². The largest absolute Gasteiger partial charge is 0.278 e. The molecule has 0 aromatic carbocycles. The predicted molar refractivity (Wildman–Crippen MR) is 424 cm³/mol. The first-order chi connectivity index (χ1) is 52.7. The average molecular weight is 1650 g/mol. The Morgan fingerprint density at radius 2 is 0.241 bits per heavy atom. The van der Waals surface area contributed by atoms with Crippen molar-refractivity contribution in [2.75, 3.05) is 33.4 Å². The summed E-state index contributed by atoms with van der Waals surface area (Å²) in [5, 5.41) is 0. The van der Waals surface area contributed by atoms with E-state index in [2.05, 4.69) is 69.2 Å². The van der Waals surface area contributed by atoms with Crippen LogP contribution in [0.15, 0.2) is 0 Å². The molecule has 12 rings (SSSR count). The molecule has 12 aliphatic rings. The Hall–Kier alpha value is -1.40. The van der Waals surface area contributed by atoms with Crippen molar-refractivity contribution in [3.05, 3.63) is 0 Å². The summed E-state index contributed by atoms with van der Waals surface area (Å²) in [6.45, 7) is 14.2. The van der Waals surface area contributed by atoms with Crippen LogP contribution in [0.2, 0.25) is 0 Å². The van der Waals surface area contributed by atoms with Crippen LogP contribution in [0, 0.1) is 112 Å². The summed E-state index contributed by atoms with van der Waals surface area (Å²) in [7, 11) is 0.